The maximum atomic E-state index is 14.0. The molecule has 44 heavy (non-hydrogen) atoms. The molecule has 0 bridgehead atoms. The average molecular weight is 671 g/mol. The van der Waals surface area contributed by atoms with Gasteiger partial charge in [0.15, 0.2) is 21.6 Å². The lowest BCUT2D eigenvalue weighted by Gasteiger charge is -2.25. The zero-order chi connectivity index (χ0) is 31.5. The molecule has 13 heteroatoms. The van der Waals surface area contributed by atoms with Crippen LogP contribution in [0, 0.1) is 19.8 Å². The summed E-state index contributed by atoms with van der Waals surface area (Å²) in [5.41, 5.74) is 2.08. The number of aliphatic hydroxyl groups excluding tert-OH is 1. The molecule has 0 aliphatic carbocycles. The highest BCUT2D eigenvalue weighted by molar-refractivity contribution is 8.00. The topological polar surface area (TPSA) is 115 Å². The molecule has 0 radical (unpaired) electrons. The van der Waals surface area contributed by atoms with E-state index in [1.165, 1.54) is 46.4 Å². The molecule has 1 aliphatic heterocycles. The number of hydrogen-bond acceptors (Lipinski definition) is 11. The van der Waals surface area contributed by atoms with Crippen molar-refractivity contribution in [3.8, 4) is 11.5 Å². The van der Waals surface area contributed by atoms with Crippen molar-refractivity contribution in [3.63, 3.8) is 0 Å². The van der Waals surface area contributed by atoms with Gasteiger partial charge in [-0.3, -0.25) is 14.5 Å². The number of aliphatic hydroxyl groups is 1. The van der Waals surface area contributed by atoms with Gasteiger partial charge in [-0.2, -0.15) is 0 Å². The van der Waals surface area contributed by atoms with Gasteiger partial charge in [-0.1, -0.05) is 66.7 Å². The molecule has 1 N–H and O–H groups in total. The zero-order valence-electron chi connectivity index (χ0n) is 24.8. The third kappa shape index (κ3) is 6.78. The number of Topliss-reactive ketones (excluding diaryl/α,β-unsaturated/α-hetero) is 1. The number of anilines is 1. The molecule has 0 saturated heterocycles. The Morgan fingerprint density at radius 3 is 2.52 bits per heavy atom. The number of benzene rings is 2. The number of aromatic nitrogens is 3. The quantitative estimate of drug-likeness (QED) is 0.0917. The van der Waals surface area contributed by atoms with Gasteiger partial charge in [0, 0.05) is 10.8 Å². The van der Waals surface area contributed by atoms with Crippen LogP contribution >= 0.6 is 46.0 Å². The predicted octanol–water partition coefficient (Wildman–Crippen LogP) is 7.77. The number of carbonyl (C=O) groups excluding carboxylic acids is 2. The van der Waals surface area contributed by atoms with E-state index < -0.39 is 23.5 Å². The van der Waals surface area contributed by atoms with Crippen molar-refractivity contribution in [2.75, 3.05) is 18.6 Å². The van der Waals surface area contributed by atoms with E-state index in [0.29, 0.717) is 60.3 Å². The molecular formula is C31H31ClN4O5S3. The Morgan fingerprint density at radius 2 is 1.86 bits per heavy atom. The first-order chi connectivity index (χ1) is 21.1. The molecule has 1 aliphatic rings. The van der Waals surface area contributed by atoms with Crippen LogP contribution in [0.4, 0.5) is 5.13 Å². The Balaban J connectivity index is 1.52. The van der Waals surface area contributed by atoms with Gasteiger partial charge >= 0.3 is 0 Å². The number of ketones is 1. The van der Waals surface area contributed by atoms with E-state index >= 15 is 0 Å². The number of rotatable bonds is 12. The highest BCUT2D eigenvalue weighted by Crippen LogP contribution is 2.46. The first kappa shape index (κ1) is 32.0. The summed E-state index contributed by atoms with van der Waals surface area (Å²) in [5.74, 6) is 0.240. The van der Waals surface area contributed by atoms with E-state index in [4.69, 9.17) is 21.1 Å². The number of carbonyl (C=O) groups is 2. The second kappa shape index (κ2) is 13.7. The molecule has 3 heterocycles. The van der Waals surface area contributed by atoms with Gasteiger partial charge in [0.25, 0.3) is 5.91 Å². The molecule has 0 spiro atoms. The van der Waals surface area contributed by atoms with Crippen LogP contribution < -0.4 is 14.4 Å². The van der Waals surface area contributed by atoms with Crippen LogP contribution in [0.15, 0.2) is 58.1 Å². The fraction of sp³-hybridized carbons (Fsp3) is 0.323. The predicted molar refractivity (Wildman–Crippen MR) is 175 cm³/mol. The minimum absolute atomic E-state index is 0.0529. The molecule has 2 aromatic heterocycles. The van der Waals surface area contributed by atoms with Crippen molar-refractivity contribution < 1.29 is 24.2 Å². The van der Waals surface area contributed by atoms with Crippen molar-refractivity contribution in [2.24, 2.45) is 5.92 Å². The van der Waals surface area contributed by atoms with Gasteiger partial charge in [0.2, 0.25) is 10.9 Å². The molecule has 0 fully saturated rings. The van der Waals surface area contributed by atoms with E-state index in [-0.39, 0.29) is 10.7 Å². The summed E-state index contributed by atoms with van der Waals surface area (Å²) in [5, 5.41) is 21.4. The van der Waals surface area contributed by atoms with Crippen LogP contribution in [0.1, 0.15) is 57.8 Å². The number of amides is 1. The van der Waals surface area contributed by atoms with Crippen LogP contribution in [-0.2, 0) is 10.5 Å². The highest BCUT2D eigenvalue weighted by atomic mass is 35.5. The van der Waals surface area contributed by atoms with E-state index in [2.05, 4.69) is 29.0 Å². The third-order valence-electron chi connectivity index (χ3n) is 6.90. The molecule has 2 aromatic carbocycles. The molecule has 0 saturated carbocycles. The van der Waals surface area contributed by atoms with Crippen molar-refractivity contribution in [3.05, 3.63) is 85.5 Å². The fourth-order valence-electron chi connectivity index (χ4n) is 4.68. The molecule has 4 aromatic rings. The summed E-state index contributed by atoms with van der Waals surface area (Å²) in [6, 6.07) is 11.8. The van der Waals surface area contributed by atoms with Gasteiger partial charge in [0.05, 0.1) is 40.9 Å². The van der Waals surface area contributed by atoms with Gasteiger partial charge in [-0.25, -0.2) is 4.98 Å². The van der Waals surface area contributed by atoms with E-state index in [0.717, 1.165) is 12.0 Å². The second-order valence-corrected chi connectivity index (χ2v) is 14.3. The van der Waals surface area contributed by atoms with Crippen molar-refractivity contribution in [1.29, 1.82) is 0 Å². The van der Waals surface area contributed by atoms with E-state index in [9.17, 15) is 14.7 Å². The van der Waals surface area contributed by atoms with Gasteiger partial charge in [-0.15, -0.1) is 21.5 Å². The number of thiazole rings is 1. The molecule has 230 valence electrons. The molecule has 5 rings (SSSR count). The number of thioether (sulfide) groups is 1. The summed E-state index contributed by atoms with van der Waals surface area (Å²) in [4.78, 5) is 33.7. The maximum absolute atomic E-state index is 14.0. The Kier molecular flexibility index (Phi) is 9.94. The summed E-state index contributed by atoms with van der Waals surface area (Å²) in [6.45, 7) is 8.29. The average Bonchev–Trinajstić information content (AvgIpc) is 3.67. The number of halogens is 1. The first-order valence-electron chi connectivity index (χ1n) is 13.8. The lowest BCUT2D eigenvalue weighted by molar-refractivity contribution is -0.117. The SMILES string of the molecule is COc1cc(C2C(C(=O)c3sc(C)nc3C)=C(O)C(=O)N2c2nnc(SCc3ccc(Cl)cc3)s2)ccc1OCCC(C)C. The summed E-state index contributed by atoms with van der Waals surface area (Å²) in [6.07, 6.45) is 0.869. The van der Waals surface area contributed by atoms with Gasteiger partial charge < -0.3 is 14.6 Å². The number of nitrogens with zero attached hydrogens (tertiary/aromatic N) is 4. The van der Waals surface area contributed by atoms with Crippen molar-refractivity contribution in [1.82, 2.24) is 15.2 Å². The normalized spacial score (nSPS) is 15.0. The minimum Gasteiger partial charge on any atom is -0.503 e. The Bertz CT molecular complexity index is 1720. The standard InChI is InChI=1S/C31H31ClN4O5S3/c1-16(2)12-13-41-22-11-8-20(14-23(22)40-5)25-24(26(37)28-17(3)33-18(4)43-28)27(38)29(39)36(25)30-34-35-31(44-30)42-15-19-6-9-21(32)10-7-19/h6-11,14,16,25,38H,12-13,15H2,1-5H3. The monoisotopic (exact) mass is 670 g/mol. The third-order valence-corrected chi connectivity index (χ3v) is 10.3. The van der Waals surface area contributed by atoms with Gasteiger partial charge in [-0.05, 0) is 61.6 Å². The van der Waals surface area contributed by atoms with Gasteiger partial charge in [0.1, 0.15) is 0 Å². The minimum atomic E-state index is -0.988. The zero-order valence-corrected chi connectivity index (χ0v) is 28.0. The number of aryl methyl sites for hydroxylation is 2. The lowest BCUT2D eigenvalue weighted by atomic mass is 9.95. The largest absolute Gasteiger partial charge is 0.503 e. The van der Waals surface area contributed by atoms with E-state index in [1.54, 1.807) is 32.0 Å². The second-order valence-electron chi connectivity index (χ2n) is 10.5. The van der Waals surface area contributed by atoms with Crippen LogP contribution in [0.5, 0.6) is 11.5 Å². The van der Waals surface area contributed by atoms with Crippen molar-refractivity contribution in [2.45, 2.75) is 50.3 Å². The lowest BCUT2D eigenvalue weighted by Crippen LogP contribution is -2.31. The molecular weight excluding hydrogens is 640 g/mol. The van der Waals surface area contributed by atoms with Crippen LogP contribution in [0.2, 0.25) is 5.02 Å². The fourth-order valence-corrected chi connectivity index (χ4v) is 7.50. The summed E-state index contributed by atoms with van der Waals surface area (Å²) >= 11 is 9.90. The van der Waals surface area contributed by atoms with Crippen LogP contribution in [0.25, 0.3) is 0 Å². The number of methoxy groups -OCH3 is 1. The molecule has 1 unspecified atom stereocenters. The molecule has 1 amide bonds. The molecule has 1 atom stereocenters. The maximum Gasteiger partial charge on any atom is 0.296 e. The first-order valence-corrected chi connectivity index (χ1v) is 16.8. The molecule has 9 nitrogen and oxygen atoms in total. The summed E-state index contributed by atoms with van der Waals surface area (Å²) in [7, 11) is 1.53. The number of ether oxygens (including phenoxy) is 2. The van der Waals surface area contributed by atoms with Crippen LogP contribution in [-0.4, -0.2) is 45.7 Å². The Morgan fingerprint density at radius 1 is 1.11 bits per heavy atom. The highest BCUT2D eigenvalue weighted by Gasteiger charge is 2.47. The number of hydrogen-bond donors (Lipinski definition) is 1. The Hall–Kier alpha value is -3.45. The smallest absolute Gasteiger partial charge is 0.296 e. The van der Waals surface area contributed by atoms with Crippen LogP contribution in [0.3, 0.4) is 0 Å². The summed E-state index contributed by atoms with van der Waals surface area (Å²) < 4.78 is 12.2. The Labute approximate surface area is 272 Å². The van der Waals surface area contributed by atoms with Crippen molar-refractivity contribution >= 4 is 62.9 Å². The van der Waals surface area contributed by atoms with E-state index in [1.807, 2.05) is 24.3 Å².